The highest BCUT2D eigenvalue weighted by Gasteiger charge is 2.27. The Morgan fingerprint density at radius 2 is 0.593 bits per heavy atom. The van der Waals surface area contributed by atoms with E-state index in [1.54, 1.807) is 0 Å². The summed E-state index contributed by atoms with van der Waals surface area (Å²) in [6.07, 6.45) is 0. The van der Waals surface area contributed by atoms with Gasteiger partial charge in [0.25, 0.3) is 0 Å². The standard InChI is InChI=1S/C46H36B8/c47-39-35-33(27-19-9-11-21-10-1-2-12-22(21)27)36-38(42(50)46(54)44(52)40(36)48)34(37(35)41(49)45(53)43(39)51)31-20-30-25-15-4-3-13-23(25)24-14-5-7-17-28(24)32(30)29-18-8-6-16-26(29)31/h1-20H,47-54H2. The second-order valence-corrected chi connectivity index (χ2v) is 15.8. The molecule has 10 aromatic carbocycles. The molecule has 0 N–H and O–H groups in total. The van der Waals surface area contributed by atoms with Gasteiger partial charge in [0.05, 0.1) is 0 Å². The maximum atomic E-state index is 2.56. The van der Waals surface area contributed by atoms with E-state index in [1.165, 1.54) is 141 Å². The van der Waals surface area contributed by atoms with Crippen LogP contribution in [0.15, 0.2) is 121 Å². The summed E-state index contributed by atoms with van der Waals surface area (Å²) in [5.74, 6) is 0. The Morgan fingerprint density at radius 1 is 0.241 bits per heavy atom. The third kappa shape index (κ3) is 4.37. The third-order valence-corrected chi connectivity index (χ3v) is 13.5. The Kier molecular flexibility index (Phi) is 7.38. The quantitative estimate of drug-likeness (QED) is 0.128. The number of fused-ring (bicyclic) bond motifs is 11. The van der Waals surface area contributed by atoms with E-state index in [2.05, 4.69) is 184 Å². The molecule has 54 heavy (non-hydrogen) atoms. The van der Waals surface area contributed by atoms with Crippen LogP contribution in [0.5, 0.6) is 0 Å². The Morgan fingerprint density at radius 3 is 1.11 bits per heavy atom. The van der Waals surface area contributed by atoms with E-state index in [0.717, 1.165) is 0 Å². The first-order valence-electron chi connectivity index (χ1n) is 19.4. The fourth-order valence-electron chi connectivity index (χ4n) is 10.1. The van der Waals surface area contributed by atoms with E-state index in [9.17, 15) is 0 Å². The number of rotatable bonds is 2. The summed E-state index contributed by atoms with van der Waals surface area (Å²) in [4.78, 5) is 0. The van der Waals surface area contributed by atoms with Gasteiger partial charge >= 0.3 is 0 Å². The molecule has 0 radical (unpaired) electrons. The molecule has 0 saturated carbocycles. The number of hydrogen-bond acceptors (Lipinski definition) is 0. The average Bonchev–Trinajstić information content (AvgIpc) is 3.21. The van der Waals surface area contributed by atoms with Crippen molar-refractivity contribution in [2.45, 2.75) is 0 Å². The van der Waals surface area contributed by atoms with E-state index in [4.69, 9.17) is 0 Å². The topological polar surface area (TPSA) is 0 Å². The molecule has 0 aliphatic rings. The predicted octanol–water partition coefficient (Wildman–Crippen LogP) is -0.840. The Bertz CT molecular complexity index is 3230. The van der Waals surface area contributed by atoms with Gasteiger partial charge in [-0.1, -0.05) is 137 Å². The fraction of sp³-hybridized carbons (Fsp3) is 0. The van der Waals surface area contributed by atoms with Crippen LogP contribution in [0.25, 0.3) is 97.7 Å². The predicted molar refractivity (Wildman–Crippen MR) is 265 cm³/mol. The van der Waals surface area contributed by atoms with Crippen LogP contribution in [0.2, 0.25) is 0 Å². The molecule has 0 aromatic heterocycles. The Hall–Kier alpha value is -5.46. The molecule has 0 saturated heterocycles. The minimum Gasteiger partial charge on any atom is -0.101 e. The number of hydrogen-bond donors (Lipinski definition) is 0. The van der Waals surface area contributed by atoms with Crippen molar-refractivity contribution < 1.29 is 0 Å². The first kappa shape index (κ1) is 33.1. The summed E-state index contributed by atoms with van der Waals surface area (Å²) in [6, 6.07) is 45.6. The summed E-state index contributed by atoms with van der Waals surface area (Å²) in [6.45, 7) is 0. The molecule has 0 aliphatic carbocycles. The first-order valence-corrected chi connectivity index (χ1v) is 19.4. The molecule has 0 fully saturated rings. The van der Waals surface area contributed by atoms with E-state index in [1.807, 2.05) is 0 Å². The zero-order valence-corrected chi connectivity index (χ0v) is 32.5. The lowest BCUT2D eigenvalue weighted by Crippen LogP contribution is -2.50. The molecule has 0 atom stereocenters. The van der Waals surface area contributed by atoms with Gasteiger partial charge in [-0.3, -0.25) is 0 Å². The second-order valence-electron chi connectivity index (χ2n) is 15.8. The van der Waals surface area contributed by atoms with Gasteiger partial charge in [0.15, 0.2) is 0 Å². The molecule has 10 aromatic rings. The van der Waals surface area contributed by atoms with Crippen molar-refractivity contribution in [3.05, 3.63) is 121 Å². The maximum absolute atomic E-state index is 2.56. The lowest BCUT2D eigenvalue weighted by molar-refractivity contribution is 1.73. The van der Waals surface area contributed by atoms with Crippen molar-refractivity contribution in [1.82, 2.24) is 0 Å². The molecule has 0 aliphatic heterocycles. The van der Waals surface area contributed by atoms with Crippen LogP contribution in [0, 0.1) is 0 Å². The van der Waals surface area contributed by atoms with E-state index >= 15 is 0 Å². The summed E-state index contributed by atoms with van der Waals surface area (Å²) in [5, 5.41) is 18.6. The number of benzene rings is 10. The molecule has 244 valence electrons. The van der Waals surface area contributed by atoms with Crippen molar-refractivity contribution >= 4 is 182 Å². The highest BCUT2D eigenvalue weighted by Crippen LogP contribution is 2.47. The van der Waals surface area contributed by atoms with Crippen LogP contribution in [0.3, 0.4) is 0 Å². The van der Waals surface area contributed by atoms with Gasteiger partial charge in [-0.15, -0.1) is 21.9 Å². The maximum Gasteiger partial charge on any atom is 0.139 e. The van der Waals surface area contributed by atoms with Crippen molar-refractivity contribution in [3.8, 4) is 22.3 Å². The van der Waals surface area contributed by atoms with Gasteiger partial charge in [-0.25, -0.2) is 0 Å². The molecule has 0 bridgehead atoms. The smallest absolute Gasteiger partial charge is 0.101 e. The van der Waals surface area contributed by atoms with Crippen molar-refractivity contribution in [2.75, 3.05) is 0 Å². The Balaban J connectivity index is 1.55. The monoisotopic (exact) mass is 676 g/mol. The first-order chi connectivity index (χ1) is 26.2. The third-order valence-electron chi connectivity index (χ3n) is 13.5. The molecule has 0 heterocycles. The minimum atomic E-state index is 1.27. The SMILES string of the molecule is Bc1c(B)c(B)c2c(-c3cc4c5ccccc5c5ccccc5c4c4ccccc34)c3c(B)c(B)c(B)c(B)c3c(-c3cccc4ccccc34)c2c1B. The molecule has 8 heteroatoms. The normalized spacial score (nSPS) is 11.9. The lowest BCUT2D eigenvalue weighted by Gasteiger charge is -2.29. The van der Waals surface area contributed by atoms with Crippen LogP contribution in [0.1, 0.15) is 0 Å². The van der Waals surface area contributed by atoms with Gasteiger partial charge in [0, 0.05) is 0 Å². The summed E-state index contributed by atoms with van der Waals surface area (Å²) in [5.41, 5.74) is 16.4. The van der Waals surface area contributed by atoms with Gasteiger partial charge in [0.2, 0.25) is 0 Å². The Labute approximate surface area is 324 Å². The van der Waals surface area contributed by atoms with Gasteiger partial charge in [-0.05, 0) is 104 Å². The zero-order chi connectivity index (χ0) is 37.2. The average molecular weight is 675 g/mol. The van der Waals surface area contributed by atoms with Crippen LogP contribution in [0.4, 0.5) is 0 Å². The second kappa shape index (κ2) is 12.0. The van der Waals surface area contributed by atoms with Gasteiger partial charge in [0.1, 0.15) is 62.8 Å². The van der Waals surface area contributed by atoms with E-state index in [-0.39, 0.29) is 0 Å². The van der Waals surface area contributed by atoms with E-state index < -0.39 is 0 Å². The largest absolute Gasteiger partial charge is 0.139 e. The molecule has 0 amide bonds. The van der Waals surface area contributed by atoms with Gasteiger partial charge < -0.3 is 0 Å². The van der Waals surface area contributed by atoms with Crippen LogP contribution in [-0.2, 0) is 0 Å². The van der Waals surface area contributed by atoms with Crippen LogP contribution < -0.4 is 43.7 Å². The highest BCUT2D eigenvalue weighted by molar-refractivity contribution is 6.71. The summed E-state index contributed by atoms with van der Waals surface area (Å²) < 4.78 is 0. The summed E-state index contributed by atoms with van der Waals surface area (Å²) >= 11 is 0. The fourth-order valence-corrected chi connectivity index (χ4v) is 10.1. The van der Waals surface area contributed by atoms with Crippen molar-refractivity contribution in [1.29, 1.82) is 0 Å². The molecule has 10 rings (SSSR count). The van der Waals surface area contributed by atoms with Crippen LogP contribution in [-0.4, -0.2) is 62.8 Å². The molecular weight excluding hydrogens is 639 g/mol. The molecule has 0 nitrogen and oxygen atoms in total. The van der Waals surface area contributed by atoms with Crippen LogP contribution >= 0.6 is 0 Å². The van der Waals surface area contributed by atoms with Gasteiger partial charge in [-0.2, -0.15) is 0 Å². The van der Waals surface area contributed by atoms with E-state index in [0.29, 0.717) is 0 Å². The zero-order valence-electron chi connectivity index (χ0n) is 32.5. The lowest BCUT2D eigenvalue weighted by atomic mass is 9.59. The van der Waals surface area contributed by atoms with Crippen molar-refractivity contribution in [2.24, 2.45) is 0 Å². The molecule has 0 unspecified atom stereocenters. The summed E-state index contributed by atoms with van der Waals surface area (Å²) in [7, 11) is 18.8. The van der Waals surface area contributed by atoms with Crippen molar-refractivity contribution in [3.63, 3.8) is 0 Å². The molecule has 0 spiro atoms. The minimum absolute atomic E-state index is 1.27. The highest BCUT2D eigenvalue weighted by atomic mass is 14.3. The molecular formula is C46H36B8.